The molecule has 0 unspecified atom stereocenters. The molecule has 2 amide bonds. The first-order valence-electron chi connectivity index (χ1n) is 9.07. The van der Waals surface area contributed by atoms with Crippen molar-refractivity contribution < 1.29 is 22.4 Å². The maximum atomic E-state index is 13.5. The van der Waals surface area contributed by atoms with Crippen molar-refractivity contribution in [2.45, 2.75) is 37.1 Å². The van der Waals surface area contributed by atoms with Gasteiger partial charge in [0.2, 0.25) is 5.91 Å². The molecule has 2 aliphatic rings. The number of sulfonamides is 1. The van der Waals surface area contributed by atoms with Crippen LogP contribution in [0, 0.1) is 5.82 Å². The van der Waals surface area contributed by atoms with E-state index in [1.165, 1.54) is 24.3 Å². The van der Waals surface area contributed by atoms with Gasteiger partial charge in [0.25, 0.3) is 15.9 Å². The monoisotopic (exact) mass is 402 g/mol. The van der Waals surface area contributed by atoms with Gasteiger partial charge in [0.05, 0.1) is 5.56 Å². The molecular formula is C20H19FN2O4S. The number of aryl methyl sites for hydroxylation is 1. The summed E-state index contributed by atoms with van der Waals surface area (Å²) in [6.07, 6.45) is 1.22. The Morgan fingerprint density at radius 1 is 1.21 bits per heavy atom. The van der Waals surface area contributed by atoms with Crippen molar-refractivity contribution in [1.29, 1.82) is 0 Å². The number of benzene rings is 2. The zero-order valence-corrected chi connectivity index (χ0v) is 16.1. The van der Waals surface area contributed by atoms with E-state index in [1.54, 1.807) is 23.1 Å². The van der Waals surface area contributed by atoms with E-state index in [2.05, 4.69) is 0 Å². The average Bonchev–Trinajstić information content (AvgIpc) is 2.86. The minimum absolute atomic E-state index is 0.0281. The van der Waals surface area contributed by atoms with Gasteiger partial charge < -0.3 is 4.90 Å². The molecule has 2 heterocycles. The van der Waals surface area contributed by atoms with Gasteiger partial charge in [0.15, 0.2) is 0 Å². The van der Waals surface area contributed by atoms with Gasteiger partial charge in [-0.3, -0.25) is 9.59 Å². The van der Waals surface area contributed by atoms with Crippen molar-refractivity contribution in [3.05, 3.63) is 59.4 Å². The number of anilines is 1. The predicted molar refractivity (Wildman–Crippen MR) is 101 cm³/mol. The highest BCUT2D eigenvalue weighted by molar-refractivity contribution is 7.90. The van der Waals surface area contributed by atoms with Gasteiger partial charge in [-0.05, 0) is 55.7 Å². The first-order valence-corrected chi connectivity index (χ1v) is 10.5. The number of rotatable bonds is 3. The Hall–Kier alpha value is -2.74. The zero-order chi connectivity index (χ0) is 20.1. The molecule has 2 aromatic carbocycles. The third-order valence-electron chi connectivity index (χ3n) is 5.28. The fourth-order valence-electron chi connectivity index (χ4n) is 3.87. The normalized spacial score (nSPS) is 20.1. The van der Waals surface area contributed by atoms with Crippen molar-refractivity contribution in [2.24, 2.45) is 0 Å². The lowest BCUT2D eigenvalue weighted by atomic mass is 9.96. The number of nitrogens with zero attached hydrogens (tertiary/aromatic N) is 2. The molecule has 28 heavy (non-hydrogen) atoms. The summed E-state index contributed by atoms with van der Waals surface area (Å²) in [4.78, 5) is 26.9. The first kappa shape index (κ1) is 18.6. The van der Waals surface area contributed by atoms with Gasteiger partial charge in [-0.2, -0.15) is 0 Å². The average molecular weight is 402 g/mol. The van der Waals surface area contributed by atoms with E-state index in [9.17, 15) is 22.4 Å². The highest BCUT2D eigenvalue weighted by Crippen LogP contribution is 2.33. The van der Waals surface area contributed by atoms with Gasteiger partial charge >= 0.3 is 0 Å². The summed E-state index contributed by atoms with van der Waals surface area (Å²) in [6.45, 7) is 1.67. The lowest BCUT2D eigenvalue weighted by Crippen LogP contribution is -2.44. The Bertz CT molecular complexity index is 1080. The minimum atomic E-state index is -3.94. The van der Waals surface area contributed by atoms with Crippen LogP contribution in [-0.4, -0.2) is 37.1 Å². The predicted octanol–water partition coefficient (Wildman–Crippen LogP) is 2.73. The lowest BCUT2D eigenvalue weighted by Gasteiger charge is -2.35. The molecule has 0 radical (unpaired) electrons. The molecule has 0 saturated carbocycles. The molecule has 0 aromatic heterocycles. The Kier molecular flexibility index (Phi) is 4.45. The fraction of sp³-hybridized carbons (Fsp3) is 0.300. The standard InChI is InChI=1S/C20H19FN2O4S/c1-13-6-7-14-12-15(21)8-9-17(14)23(13)19(24)10-11-22-20(25)16-4-2-3-5-18(16)28(22,26)27/h2-5,8-9,12-13H,6-7,10-11H2,1H3/t13-/m1/s1. The van der Waals surface area contributed by atoms with Gasteiger partial charge in [0, 0.05) is 24.7 Å². The van der Waals surface area contributed by atoms with Crippen LogP contribution in [0.25, 0.3) is 0 Å². The molecule has 0 aliphatic carbocycles. The summed E-state index contributed by atoms with van der Waals surface area (Å²) in [5.41, 5.74) is 1.52. The van der Waals surface area contributed by atoms with Crippen molar-refractivity contribution >= 4 is 27.5 Å². The van der Waals surface area contributed by atoms with Crippen molar-refractivity contribution in [2.75, 3.05) is 11.4 Å². The second-order valence-electron chi connectivity index (χ2n) is 7.05. The summed E-state index contributed by atoms with van der Waals surface area (Å²) in [6, 6.07) is 10.2. The van der Waals surface area contributed by atoms with Crippen LogP contribution in [0.4, 0.5) is 10.1 Å². The number of hydrogen-bond donors (Lipinski definition) is 0. The molecule has 6 nitrogen and oxygen atoms in total. The van der Waals surface area contributed by atoms with Crippen LogP contribution in [0.3, 0.4) is 0 Å². The van der Waals surface area contributed by atoms with E-state index in [-0.39, 0.29) is 41.2 Å². The smallest absolute Gasteiger partial charge is 0.269 e. The Morgan fingerprint density at radius 3 is 2.71 bits per heavy atom. The van der Waals surface area contributed by atoms with Crippen LogP contribution in [-0.2, 0) is 21.2 Å². The molecule has 2 aromatic rings. The van der Waals surface area contributed by atoms with Crippen molar-refractivity contribution in [3.63, 3.8) is 0 Å². The molecule has 0 saturated heterocycles. The summed E-state index contributed by atoms with van der Waals surface area (Å²) in [5.74, 6) is -1.26. The van der Waals surface area contributed by atoms with E-state index in [0.29, 0.717) is 18.5 Å². The molecule has 8 heteroatoms. The fourth-order valence-corrected chi connectivity index (χ4v) is 5.44. The topological polar surface area (TPSA) is 74.8 Å². The number of halogens is 1. The van der Waals surface area contributed by atoms with Crippen molar-refractivity contribution in [1.82, 2.24) is 4.31 Å². The molecule has 0 spiro atoms. The summed E-state index contributed by atoms with van der Waals surface area (Å²) in [7, 11) is -3.94. The Balaban J connectivity index is 1.55. The minimum Gasteiger partial charge on any atom is -0.309 e. The SMILES string of the molecule is C[C@@H]1CCc2cc(F)ccc2N1C(=O)CCN1C(=O)c2ccccc2S1(=O)=O. The molecule has 4 rings (SSSR count). The van der Waals surface area contributed by atoms with E-state index in [1.807, 2.05) is 6.92 Å². The summed E-state index contributed by atoms with van der Waals surface area (Å²) in [5, 5.41) is 0. The van der Waals surface area contributed by atoms with Gasteiger partial charge in [-0.15, -0.1) is 0 Å². The highest BCUT2D eigenvalue weighted by Gasteiger charge is 2.41. The lowest BCUT2D eigenvalue weighted by molar-refractivity contribution is -0.119. The third kappa shape index (κ3) is 2.88. The summed E-state index contributed by atoms with van der Waals surface area (Å²) >= 11 is 0. The second kappa shape index (κ2) is 6.70. The molecule has 2 aliphatic heterocycles. The van der Waals surface area contributed by atoms with E-state index in [4.69, 9.17) is 0 Å². The number of fused-ring (bicyclic) bond motifs is 2. The number of carbonyl (C=O) groups excluding carboxylic acids is 2. The Morgan fingerprint density at radius 2 is 1.96 bits per heavy atom. The number of hydrogen-bond acceptors (Lipinski definition) is 4. The largest absolute Gasteiger partial charge is 0.309 e. The second-order valence-corrected chi connectivity index (χ2v) is 8.88. The molecule has 0 N–H and O–H groups in total. The first-order chi connectivity index (χ1) is 13.3. The zero-order valence-electron chi connectivity index (χ0n) is 15.3. The quantitative estimate of drug-likeness (QED) is 0.791. The Labute approximate surface area is 162 Å². The van der Waals surface area contributed by atoms with Gasteiger partial charge in [-0.25, -0.2) is 17.1 Å². The van der Waals surface area contributed by atoms with Crippen LogP contribution in [0.1, 0.15) is 35.7 Å². The third-order valence-corrected chi connectivity index (χ3v) is 7.12. The van der Waals surface area contributed by atoms with Crippen LogP contribution in [0.2, 0.25) is 0 Å². The summed E-state index contributed by atoms with van der Waals surface area (Å²) < 4.78 is 39.5. The van der Waals surface area contributed by atoms with E-state index >= 15 is 0 Å². The van der Waals surface area contributed by atoms with Gasteiger partial charge in [-0.1, -0.05) is 12.1 Å². The molecular weight excluding hydrogens is 383 g/mol. The van der Waals surface area contributed by atoms with Crippen molar-refractivity contribution in [3.8, 4) is 0 Å². The molecule has 1 atom stereocenters. The van der Waals surface area contributed by atoms with Crippen LogP contribution < -0.4 is 4.90 Å². The van der Waals surface area contributed by atoms with Crippen LogP contribution >= 0.6 is 0 Å². The van der Waals surface area contributed by atoms with Crippen LogP contribution in [0.5, 0.6) is 0 Å². The van der Waals surface area contributed by atoms with Gasteiger partial charge in [0.1, 0.15) is 10.7 Å². The van der Waals surface area contributed by atoms with E-state index in [0.717, 1.165) is 9.87 Å². The maximum Gasteiger partial charge on any atom is 0.269 e. The number of amides is 2. The molecule has 0 bridgehead atoms. The number of carbonyl (C=O) groups is 2. The highest BCUT2D eigenvalue weighted by atomic mass is 32.2. The molecule has 146 valence electrons. The van der Waals surface area contributed by atoms with E-state index < -0.39 is 15.9 Å². The van der Waals surface area contributed by atoms with Crippen LogP contribution in [0.15, 0.2) is 47.4 Å². The maximum absolute atomic E-state index is 13.5. The molecule has 0 fully saturated rings.